The average molecular weight is 442 g/mol. The molecule has 4 aromatic rings. The van der Waals surface area contributed by atoms with Crippen molar-refractivity contribution in [3.05, 3.63) is 87.7 Å². The number of nitrogens with zero attached hydrogens (tertiary/aromatic N) is 1. The molecule has 154 valence electrons. The molecule has 0 radical (unpaired) electrons. The number of para-hydroxylation sites is 3. The zero-order chi connectivity index (χ0) is 20.9. The van der Waals surface area contributed by atoms with Gasteiger partial charge in [0.2, 0.25) is 0 Å². The predicted octanol–water partition coefficient (Wildman–Crippen LogP) is 5.75. The number of rotatable bonds is 8. The van der Waals surface area contributed by atoms with E-state index < -0.39 is 0 Å². The number of aromatic nitrogens is 2. The van der Waals surface area contributed by atoms with E-state index in [-0.39, 0.29) is 0 Å². The summed E-state index contributed by atoms with van der Waals surface area (Å²) in [6.07, 6.45) is 0. The number of hydrogen-bond acceptors (Lipinski definition) is 4. The van der Waals surface area contributed by atoms with Crippen molar-refractivity contribution in [1.29, 1.82) is 0 Å². The topological polar surface area (TPSA) is 59.2 Å². The molecule has 0 saturated heterocycles. The van der Waals surface area contributed by atoms with E-state index in [1.165, 1.54) is 0 Å². The highest BCUT2D eigenvalue weighted by molar-refractivity contribution is 6.35. The van der Waals surface area contributed by atoms with Gasteiger partial charge < -0.3 is 19.8 Å². The van der Waals surface area contributed by atoms with Gasteiger partial charge in [-0.25, -0.2) is 4.98 Å². The Labute approximate surface area is 184 Å². The first-order chi connectivity index (χ1) is 14.6. The highest BCUT2D eigenvalue weighted by Crippen LogP contribution is 2.32. The first-order valence-electron chi connectivity index (χ1n) is 9.51. The number of H-pyrrole nitrogens is 1. The lowest BCUT2D eigenvalue weighted by Gasteiger charge is -2.16. The molecule has 0 aliphatic heterocycles. The molecule has 0 saturated carbocycles. The fraction of sp³-hybridized carbons (Fsp3) is 0.174. The van der Waals surface area contributed by atoms with E-state index in [9.17, 15) is 0 Å². The van der Waals surface area contributed by atoms with Crippen LogP contribution in [0.15, 0.2) is 60.7 Å². The van der Waals surface area contributed by atoms with Gasteiger partial charge in [0.15, 0.2) is 11.5 Å². The van der Waals surface area contributed by atoms with E-state index in [2.05, 4.69) is 15.3 Å². The number of imidazole rings is 1. The van der Waals surface area contributed by atoms with E-state index in [1.807, 2.05) is 48.5 Å². The number of hydrogen-bond donors (Lipinski definition) is 2. The summed E-state index contributed by atoms with van der Waals surface area (Å²) in [7, 11) is 1.63. The third-order valence-corrected chi connectivity index (χ3v) is 5.30. The molecule has 0 fully saturated rings. The minimum Gasteiger partial charge on any atom is -0.493 e. The van der Waals surface area contributed by atoms with Crippen LogP contribution in [-0.2, 0) is 19.7 Å². The van der Waals surface area contributed by atoms with E-state index in [1.54, 1.807) is 19.2 Å². The maximum Gasteiger partial charge on any atom is 0.166 e. The third kappa shape index (κ3) is 4.70. The molecule has 2 N–H and O–H groups in total. The molecule has 7 heteroatoms. The monoisotopic (exact) mass is 441 g/mol. The molecule has 1 heterocycles. The Balaban J connectivity index is 1.46. The van der Waals surface area contributed by atoms with Crippen LogP contribution in [0.2, 0.25) is 10.0 Å². The Hall–Kier alpha value is -2.73. The zero-order valence-electron chi connectivity index (χ0n) is 16.4. The van der Waals surface area contributed by atoms with Gasteiger partial charge in [0, 0.05) is 27.7 Å². The molecule has 0 spiro atoms. The van der Waals surface area contributed by atoms with Crippen molar-refractivity contribution >= 4 is 34.2 Å². The summed E-state index contributed by atoms with van der Waals surface area (Å²) in [5.74, 6) is 2.24. The summed E-state index contributed by atoms with van der Waals surface area (Å²) in [5.41, 5.74) is 3.82. The van der Waals surface area contributed by atoms with Gasteiger partial charge in [-0.05, 0) is 30.3 Å². The molecule has 0 amide bonds. The van der Waals surface area contributed by atoms with Crippen molar-refractivity contribution in [2.75, 3.05) is 7.11 Å². The summed E-state index contributed by atoms with van der Waals surface area (Å²) in [6, 6.07) is 19.2. The lowest BCUT2D eigenvalue weighted by molar-refractivity contribution is 0.280. The van der Waals surface area contributed by atoms with Crippen molar-refractivity contribution in [2.45, 2.75) is 19.7 Å². The normalized spacial score (nSPS) is 11.0. The Kier molecular flexibility index (Phi) is 6.43. The van der Waals surface area contributed by atoms with Crippen molar-refractivity contribution in [2.24, 2.45) is 0 Å². The van der Waals surface area contributed by atoms with Crippen LogP contribution in [0.5, 0.6) is 11.5 Å². The molecule has 0 aliphatic rings. The van der Waals surface area contributed by atoms with Crippen LogP contribution in [0, 0.1) is 0 Å². The maximum atomic E-state index is 6.28. The number of benzene rings is 3. The molecule has 0 aliphatic carbocycles. The Bertz CT molecular complexity index is 1130. The Morgan fingerprint density at radius 2 is 1.83 bits per heavy atom. The standard InChI is InChI=1S/C23H21Cl2N3O2/c1-29-21-8-4-5-15(23(21)30-14-16-9-10-17(24)11-18(16)25)12-26-13-22-27-19-6-2-3-7-20(19)28-22/h2-11,26H,12-14H2,1H3,(H,27,28). The van der Waals surface area contributed by atoms with Gasteiger partial charge in [-0.3, -0.25) is 0 Å². The molecule has 0 bridgehead atoms. The van der Waals surface area contributed by atoms with Gasteiger partial charge in [-0.1, -0.05) is 53.5 Å². The molecular formula is C23H21Cl2N3O2. The highest BCUT2D eigenvalue weighted by atomic mass is 35.5. The van der Waals surface area contributed by atoms with Crippen LogP contribution in [0.3, 0.4) is 0 Å². The first kappa shape index (κ1) is 20.5. The first-order valence-corrected chi connectivity index (χ1v) is 10.3. The molecule has 4 rings (SSSR count). The van der Waals surface area contributed by atoms with E-state index in [0.29, 0.717) is 41.2 Å². The number of aromatic amines is 1. The van der Waals surface area contributed by atoms with Crippen molar-refractivity contribution in [3.63, 3.8) is 0 Å². The second kappa shape index (κ2) is 9.39. The fourth-order valence-corrected chi connectivity index (χ4v) is 3.68. The molecule has 5 nitrogen and oxygen atoms in total. The second-order valence-corrected chi connectivity index (χ2v) is 7.62. The molecule has 0 atom stereocenters. The largest absolute Gasteiger partial charge is 0.493 e. The molecule has 0 unspecified atom stereocenters. The van der Waals surface area contributed by atoms with Gasteiger partial charge in [0.1, 0.15) is 12.4 Å². The lowest BCUT2D eigenvalue weighted by atomic mass is 10.1. The number of ether oxygens (including phenoxy) is 2. The average Bonchev–Trinajstić information content (AvgIpc) is 3.16. The van der Waals surface area contributed by atoms with Gasteiger partial charge in [0.05, 0.1) is 24.7 Å². The van der Waals surface area contributed by atoms with Gasteiger partial charge in [-0.15, -0.1) is 0 Å². The van der Waals surface area contributed by atoms with Crippen LogP contribution in [-0.4, -0.2) is 17.1 Å². The Morgan fingerprint density at radius 1 is 0.967 bits per heavy atom. The molecule has 30 heavy (non-hydrogen) atoms. The predicted molar refractivity (Wildman–Crippen MR) is 120 cm³/mol. The van der Waals surface area contributed by atoms with Gasteiger partial charge in [0.25, 0.3) is 0 Å². The summed E-state index contributed by atoms with van der Waals surface area (Å²) < 4.78 is 11.6. The van der Waals surface area contributed by atoms with Gasteiger partial charge >= 0.3 is 0 Å². The third-order valence-electron chi connectivity index (χ3n) is 4.71. The Morgan fingerprint density at radius 3 is 2.63 bits per heavy atom. The maximum absolute atomic E-state index is 6.28. The van der Waals surface area contributed by atoms with Crippen LogP contribution in [0.4, 0.5) is 0 Å². The molecule has 3 aromatic carbocycles. The minimum atomic E-state index is 0.312. The SMILES string of the molecule is COc1cccc(CNCc2nc3ccccc3[nH]2)c1OCc1ccc(Cl)cc1Cl. The quantitative estimate of drug-likeness (QED) is 0.365. The smallest absolute Gasteiger partial charge is 0.166 e. The molecular weight excluding hydrogens is 421 g/mol. The summed E-state index contributed by atoms with van der Waals surface area (Å²) in [4.78, 5) is 7.91. The van der Waals surface area contributed by atoms with Crippen LogP contribution < -0.4 is 14.8 Å². The summed E-state index contributed by atoms with van der Waals surface area (Å²) in [5, 5.41) is 4.58. The number of halogens is 2. The van der Waals surface area contributed by atoms with Crippen LogP contribution in [0.25, 0.3) is 11.0 Å². The summed E-state index contributed by atoms with van der Waals surface area (Å²) >= 11 is 12.3. The minimum absolute atomic E-state index is 0.312. The van der Waals surface area contributed by atoms with Crippen molar-refractivity contribution in [1.82, 2.24) is 15.3 Å². The number of nitrogens with one attached hydrogen (secondary N) is 2. The van der Waals surface area contributed by atoms with Crippen molar-refractivity contribution in [3.8, 4) is 11.5 Å². The summed E-state index contributed by atoms with van der Waals surface area (Å²) in [6.45, 7) is 1.51. The van der Waals surface area contributed by atoms with Crippen molar-refractivity contribution < 1.29 is 9.47 Å². The van der Waals surface area contributed by atoms with Gasteiger partial charge in [-0.2, -0.15) is 0 Å². The second-order valence-electron chi connectivity index (χ2n) is 6.78. The van der Waals surface area contributed by atoms with E-state index >= 15 is 0 Å². The number of fused-ring (bicyclic) bond motifs is 1. The lowest BCUT2D eigenvalue weighted by Crippen LogP contribution is -2.15. The van der Waals surface area contributed by atoms with Crippen LogP contribution >= 0.6 is 23.2 Å². The van der Waals surface area contributed by atoms with Crippen LogP contribution in [0.1, 0.15) is 17.0 Å². The molecule has 1 aromatic heterocycles. The highest BCUT2D eigenvalue weighted by Gasteiger charge is 2.12. The zero-order valence-corrected chi connectivity index (χ0v) is 17.9. The van der Waals surface area contributed by atoms with E-state index in [0.717, 1.165) is 28.0 Å². The van der Waals surface area contributed by atoms with E-state index in [4.69, 9.17) is 32.7 Å². The fourth-order valence-electron chi connectivity index (χ4n) is 3.22. The number of methoxy groups -OCH3 is 1.